The number of halogens is 1. The van der Waals surface area contributed by atoms with Crippen LogP contribution in [0, 0.1) is 17.1 Å². The van der Waals surface area contributed by atoms with Gasteiger partial charge in [-0.3, -0.25) is 4.90 Å². The van der Waals surface area contributed by atoms with Crippen molar-refractivity contribution in [3.8, 4) is 11.8 Å². The molecule has 1 unspecified atom stereocenters. The van der Waals surface area contributed by atoms with Gasteiger partial charge in [0.2, 0.25) is 0 Å². The lowest BCUT2D eigenvalue weighted by Crippen LogP contribution is -2.38. The number of morpholine rings is 1. The molecule has 0 aliphatic carbocycles. The van der Waals surface area contributed by atoms with Gasteiger partial charge in [0.15, 0.2) is 11.6 Å². The summed E-state index contributed by atoms with van der Waals surface area (Å²) in [5, 5.41) is 18.3. The van der Waals surface area contributed by atoms with Crippen molar-refractivity contribution in [2.24, 2.45) is 0 Å². The van der Waals surface area contributed by atoms with E-state index in [1.54, 1.807) is 6.07 Å². The molecule has 1 aliphatic heterocycles. The second-order valence-electron chi connectivity index (χ2n) is 3.89. The third-order valence-electron chi connectivity index (χ3n) is 2.82. The minimum Gasteiger partial charge on any atom is -0.505 e. The van der Waals surface area contributed by atoms with E-state index in [1.165, 1.54) is 12.1 Å². The topological polar surface area (TPSA) is 56.5 Å². The molecule has 0 bridgehead atoms. The maximum absolute atomic E-state index is 13.2. The molecule has 5 heteroatoms. The van der Waals surface area contributed by atoms with Crippen molar-refractivity contribution in [1.29, 1.82) is 5.26 Å². The highest BCUT2D eigenvalue weighted by Crippen LogP contribution is 2.25. The van der Waals surface area contributed by atoms with Crippen LogP contribution in [-0.2, 0) is 4.74 Å². The molecule has 1 heterocycles. The van der Waals surface area contributed by atoms with E-state index < -0.39 is 17.6 Å². The third-order valence-corrected chi connectivity index (χ3v) is 2.82. The number of nitrogens with zero attached hydrogens (tertiary/aromatic N) is 2. The maximum Gasteiger partial charge on any atom is 0.165 e. The highest BCUT2D eigenvalue weighted by atomic mass is 19.1. The predicted molar refractivity (Wildman–Crippen MR) is 58.8 cm³/mol. The molecule has 0 radical (unpaired) electrons. The SMILES string of the molecule is N#CC(c1ccc(O)c(F)c1)N1CCOCC1. The minimum atomic E-state index is -0.698. The fourth-order valence-electron chi connectivity index (χ4n) is 1.90. The number of phenols is 1. The van der Waals surface area contributed by atoms with Crippen LogP contribution in [0.25, 0.3) is 0 Å². The Hall–Kier alpha value is -1.64. The Labute approximate surface area is 98.8 Å². The van der Waals surface area contributed by atoms with Crippen molar-refractivity contribution < 1.29 is 14.2 Å². The molecule has 17 heavy (non-hydrogen) atoms. The zero-order valence-electron chi connectivity index (χ0n) is 9.27. The molecule has 1 fully saturated rings. The second kappa shape index (κ2) is 5.13. The van der Waals surface area contributed by atoms with Gasteiger partial charge in [-0.15, -0.1) is 0 Å². The average molecular weight is 236 g/mol. The largest absolute Gasteiger partial charge is 0.505 e. The molecule has 0 spiro atoms. The Bertz CT molecular complexity index is 439. The van der Waals surface area contributed by atoms with Gasteiger partial charge in [-0.05, 0) is 17.7 Å². The Morgan fingerprint density at radius 1 is 1.41 bits per heavy atom. The van der Waals surface area contributed by atoms with Crippen LogP contribution in [0.15, 0.2) is 18.2 Å². The van der Waals surface area contributed by atoms with Gasteiger partial charge in [0.25, 0.3) is 0 Å². The van der Waals surface area contributed by atoms with Gasteiger partial charge in [-0.2, -0.15) is 5.26 Å². The van der Waals surface area contributed by atoms with E-state index >= 15 is 0 Å². The van der Waals surface area contributed by atoms with Crippen LogP contribution in [0.1, 0.15) is 11.6 Å². The van der Waals surface area contributed by atoms with E-state index in [2.05, 4.69) is 6.07 Å². The summed E-state index contributed by atoms with van der Waals surface area (Å²) in [6.45, 7) is 2.47. The zero-order chi connectivity index (χ0) is 12.3. The van der Waals surface area contributed by atoms with Crippen molar-refractivity contribution >= 4 is 0 Å². The number of benzene rings is 1. The van der Waals surface area contributed by atoms with Gasteiger partial charge in [-0.25, -0.2) is 4.39 Å². The number of ether oxygens (including phenoxy) is 1. The molecule has 1 N–H and O–H groups in total. The van der Waals surface area contributed by atoms with Gasteiger partial charge in [-0.1, -0.05) is 6.07 Å². The first-order chi connectivity index (χ1) is 8.22. The van der Waals surface area contributed by atoms with Gasteiger partial charge in [0.05, 0.1) is 19.3 Å². The summed E-state index contributed by atoms with van der Waals surface area (Å²) in [7, 11) is 0. The first-order valence-electron chi connectivity index (χ1n) is 5.42. The Morgan fingerprint density at radius 3 is 2.71 bits per heavy atom. The van der Waals surface area contributed by atoms with Crippen molar-refractivity contribution in [3.63, 3.8) is 0 Å². The minimum absolute atomic E-state index is 0.396. The highest BCUT2D eigenvalue weighted by molar-refractivity contribution is 5.32. The fourth-order valence-corrected chi connectivity index (χ4v) is 1.90. The lowest BCUT2D eigenvalue weighted by molar-refractivity contribution is 0.0266. The monoisotopic (exact) mass is 236 g/mol. The number of aromatic hydroxyl groups is 1. The van der Waals surface area contributed by atoms with E-state index in [-0.39, 0.29) is 0 Å². The van der Waals surface area contributed by atoms with E-state index in [4.69, 9.17) is 9.84 Å². The summed E-state index contributed by atoms with van der Waals surface area (Å²) < 4.78 is 18.4. The number of nitriles is 1. The maximum atomic E-state index is 13.2. The van der Waals surface area contributed by atoms with Crippen LogP contribution >= 0.6 is 0 Å². The van der Waals surface area contributed by atoms with Crippen LogP contribution in [0.3, 0.4) is 0 Å². The number of rotatable bonds is 2. The fraction of sp³-hybridized carbons (Fsp3) is 0.417. The molecule has 0 aromatic heterocycles. The number of hydrogen-bond donors (Lipinski definition) is 1. The normalized spacial score (nSPS) is 18.6. The molecular formula is C12H13FN2O2. The number of hydrogen-bond acceptors (Lipinski definition) is 4. The Morgan fingerprint density at radius 2 is 2.12 bits per heavy atom. The van der Waals surface area contributed by atoms with E-state index in [0.29, 0.717) is 31.9 Å². The Balaban J connectivity index is 2.22. The van der Waals surface area contributed by atoms with Crippen LogP contribution in [-0.4, -0.2) is 36.3 Å². The van der Waals surface area contributed by atoms with Crippen molar-refractivity contribution in [2.75, 3.05) is 26.3 Å². The first-order valence-corrected chi connectivity index (χ1v) is 5.42. The molecule has 0 amide bonds. The first kappa shape index (κ1) is 11.8. The van der Waals surface area contributed by atoms with Crippen molar-refractivity contribution in [3.05, 3.63) is 29.6 Å². The molecule has 1 aromatic rings. The van der Waals surface area contributed by atoms with Gasteiger partial charge in [0.1, 0.15) is 6.04 Å². The summed E-state index contributed by atoms with van der Waals surface area (Å²) in [6.07, 6.45) is 0. The van der Waals surface area contributed by atoms with Crippen molar-refractivity contribution in [2.45, 2.75) is 6.04 Å². The molecule has 1 saturated heterocycles. The predicted octanol–water partition coefficient (Wildman–Crippen LogP) is 1.43. The number of phenolic OH excluding ortho intramolecular Hbond substituents is 1. The van der Waals surface area contributed by atoms with E-state index in [1.807, 2.05) is 4.90 Å². The highest BCUT2D eigenvalue weighted by Gasteiger charge is 2.22. The molecule has 2 rings (SSSR count). The van der Waals surface area contributed by atoms with Gasteiger partial charge >= 0.3 is 0 Å². The van der Waals surface area contributed by atoms with Crippen LogP contribution in [0.4, 0.5) is 4.39 Å². The van der Waals surface area contributed by atoms with E-state index in [9.17, 15) is 9.65 Å². The molecule has 4 nitrogen and oxygen atoms in total. The summed E-state index contributed by atoms with van der Waals surface area (Å²) in [4.78, 5) is 1.94. The van der Waals surface area contributed by atoms with Gasteiger partial charge in [0, 0.05) is 13.1 Å². The standard InChI is InChI=1S/C12H13FN2O2/c13-10-7-9(1-2-12(10)16)11(8-14)15-3-5-17-6-4-15/h1-2,7,11,16H,3-6H2. The van der Waals surface area contributed by atoms with E-state index in [0.717, 1.165) is 0 Å². The lowest BCUT2D eigenvalue weighted by Gasteiger charge is -2.30. The summed E-state index contributed by atoms with van der Waals surface area (Å²) in [6, 6.07) is 5.72. The molecule has 1 aliphatic rings. The van der Waals surface area contributed by atoms with Crippen molar-refractivity contribution in [1.82, 2.24) is 4.90 Å². The summed E-state index contributed by atoms with van der Waals surface area (Å²) in [5.74, 6) is -1.09. The smallest absolute Gasteiger partial charge is 0.165 e. The third kappa shape index (κ3) is 2.54. The quantitative estimate of drug-likeness (QED) is 0.844. The summed E-state index contributed by atoms with van der Waals surface area (Å²) >= 11 is 0. The molecule has 0 saturated carbocycles. The molecule has 1 atom stereocenters. The average Bonchev–Trinajstić information content (AvgIpc) is 2.36. The van der Waals surface area contributed by atoms with Crippen LogP contribution < -0.4 is 0 Å². The lowest BCUT2D eigenvalue weighted by atomic mass is 10.1. The molecular weight excluding hydrogens is 223 g/mol. The molecule has 90 valence electrons. The second-order valence-corrected chi connectivity index (χ2v) is 3.89. The molecule has 1 aromatic carbocycles. The Kier molecular flexibility index (Phi) is 3.57. The van der Waals surface area contributed by atoms with Gasteiger partial charge < -0.3 is 9.84 Å². The summed E-state index contributed by atoms with van der Waals surface area (Å²) in [5.41, 5.74) is 0.560. The zero-order valence-corrected chi connectivity index (χ0v) is 9.27. The van der Waals surface area contributed by atoms with Crippen LogP contribution in [0.2, 0.25) is 0 Å². The van der Waals surface area contributed by atoms with Crippen LogP contribution in [0.5, 0.6) is 5.75 Å².